The van der Waals surface area contributed by atoms with Gasteiger partial charge in [0.25, 0.3) is 0 Å². The molecule has 1 aliphatic carbocycles. The summed E-state index contributed by atoms with van der Waals surface area (Å²) >= 11 is 8.52. The van der Waals surface area contributed by atoms with Crippen molar-refractivity contribution in [3.05, 3.63) is 17.0 Å². The van der Waals surface area contributed by atoms with Gasteiger partial charge in [-0.25, -0.2) is 9.97 Å². The minimum Gasteiger partial charge on any atom is -0.355 e. The van der Waals surface area contributed by atoms with Crippen molar-refractivity contribution >= 4 is 40.0 Å². The van der Waals surface area contributed by atoms with Gasteiger partial charge in [0.2, 0.25) is 0 Å². The first-order valence-corrected chi connectivity index (χ1v) is 6.77. The Balaban J connectivity index is 1.94. The van der Waals surface area contributed by atoms with Crippen LogP contribution in [0.5, 0.6) is 0 Å². The van der Waals surface area contributed by atoms with Crippen LogP contribution in [-0.4, -0.2) is 23.1 Å². The zero-order chi connectivity index (χ0) is 10.4. The van der Waals surface area contributed by atoms with Crippen molar-refractivity contribution < 1.29 is 0 Å². The molecule has 0 bridgehead atoms. The number of aromatic nitrogens is 2. The second-order valence-electron chi connectivity index (χ2n) is 4.22. The fraction of sp³-hybridized carbons (Fsp3) is 0.600. The van der Waals surface area contributed by atoms with Crippen molar-refractivity contribution in [2.24, 2.45) is 5.92 Å². The molecule has 2 aliphatic rings. The Labute approximate surface area is 107 Å². The van der Waals surface area contributed by atoms with Crippen LogP contribution in [-0.2, 0) is 0 Å². The summed E-state index contributed by atoms with van der Waals surface area (Å²) in [6.07, 6.45) is 4.31. The van der Waals surface area contributed by atoms with E-state index < -0.39 is 0 Å². The number of hydrogen-bond acceptors (Lipinski definition) is 3. The van der Waals surface area contributed by atoms with Crippen molar-refractivity contribution in [1.82, 2.24) is 9.97 Å². The van der Waals surface area contributed by atoms with Crippen LogP contribution in [0, 0.1) is 5.92 Å². The van der Waals surface area contributed by atoms with Crippen LogP contribution in [0.15, 0.2) is 6.33 Å². The number of alkyl halides is 1. The molecule has 0 spiro atoms. The molecule has 2 heterocycles. The summed E-state index contributed by atoms with van der Waals surface area (Å²) in [6, 6.07) is 0. The summed E-state index contributed by atoms with van der Waals surface area (Å²) in [5.74, 6) is 1.94. The van der Waals surface area contributed by atoms with Crippen molar-refractivity contribution in [2.75, 3.05) is 18.0 Å². The number of nitrogens with zero attached hydrogens (tertiary/aromatic N) is 3. The minimum atomic E-state index is 0.435. The molecule has 1 unspecified atom stereocenters. The van der Waals surface area contributed by atoms with E-state index in [1.165, 1.54) is 12.8 Å². The topological polar surface area (TPSA) is 29.0 Å². The number of rotatable bonds is 2. The van der Waals surface area contributed by atoms with Crippen LogP contribution < -0.4 is 4.90 Å². The normalized spacial score (nSPS) is 24.4. The first kappa shape index (κ1) is 10.1. The summed E-state index contributed by atoms with van der Waals surface area (Å²) in [5, 5.41) is 0.623. The molecular formula is C10H11ClIN3. The van der Waals surface area contributed by atoms with Gasteiger partial charge in [-0.05, 0) is 18.8 Å². The van der Waals surface area contributed by atoms with Crippen molar-refractivity contribution in [3.8, 4) is 0 Å². The van der Waals surface area contributed by atoms with E-state index >= 15 is 0 Å². The molecule has 1 aromatic rings. The predicted octanol–water partition coefficient (Wildman–Crippen LogP) is 2.84. The second kappa shape index (κ2) is 3.73. The lowest BCUT2D eigenvalue weighted by molar-refractivity contribution is 0.741. The highest BCUT2D eigenvalue weighted by atomic mass is 127. The lowest BCUT2D eigenvalue weighted by atomic mass is 10.3. The maximum absolute atomic E-state index is 6.10. The fourth-order valence-corrected chi connectivity index (χ4v) is 3.52. The lowest BCUT2D eigenvalue weighted by Gasteiger charge is -2.17. The highest BCUT2D eigenvalue weighted by Crippen LogP contribution is 2.43. The summed E-state index contributed by atoms with van der Waals surface area (Å²) in [7, 11) is 0. The summed E-state index contributed by atoms with van der Waals surface area (Å²) in [6.45, 7) is 2.17. The van der Waals surface area contributed by atoms with Gasteiger partial charge in [0, 0.05) is 18.7 Å². The largest absolute Gasteiger partial charge is 0.355 e. The van der Waals surface area contributed by atoms with Crippen molar-refractivity contribution in [1.29, 1.82) is 0 Å². The monoisotopic (exact) mass is 335 g/mol. The Morgan fingerprint density at radius 1 is 1.47 bits per heavy atom. The first-order chi connectivity index (χ1) is 7.25. The fourth-order valence-electron chi connectivity index (χ4n) is 2.03. The number of fused-ring (bicyclic) bond motifs is 1. The van der Waals surface area contributed by atoms with E-state index in [1.807, 2.05) is 0 Å². The van der Waals surface area contributed by atoms with Crippen LogP contribution in [0.3, 0.4) is 0 Å². The molecular weight excluding hydrogens is 324 g/mol. The second-order valence-corrected chi connectivity index (χ2v) is 6.08. The predicted molar refractivity (Wildman–Crippen MR) is 68.7 cm³/mol. The van der Waals surface area contributed by atoms with E-state index in [9.17, 15) is 0 Å². The van der Waals surface area contributed by atoms with Crippen LogP contribution in [0.1, 0.15) is 22.3 Å². The molecule has 5 heteroatoms. The molecule has 1 fully saturated rings. The third-order valence-electron chi connectivity index (χ3n) is 2.98. The molecule has 0 aromatic carbocycles. The van der Waals surface area contributed by atoms with Gasteiger partial charge in [-0.3, -0.25) is 0 Å². The molecule has 0 saturated heterocycles. The molecule has 1 atom stereocenters. The Hall–Kier alpha value is -0.100. The van der Waals surface area contributed by atoms with Crippen LogP contribution in [0.4, 0.5) is 5.82 Å². The maximum Gasteiger partial charge on any atom is 0.138 e. The Morgan fingerprint density at radius 2 is 2.27 bits per heavy atom. The molecule has 0 radical (unpaired) electrons. The number of halogens is 2. The quantitative estimate of drug-likeness (QED) is 0.473. The molecule has 3 rings (SSSR count). The van der Waals surface area contributed by atoms with E-state index in [4.69, 9.17) is 11.6 Å². The third-order valence-corrected chi connectivity index (χ3v) is 4.30. The molecule has 1 aliphatic heterocycles. The zero-order valence-electron chi connectivity index (χ0n) is 8.16. The molecule has 15 heavy (non-hydrogen) atoms. The van der Waals surface area contributed by atoms with Crippen LogP contribution in [0.25, 0.3) is 0 Å². The van der Waals surface area contributed by atoms with Gasteiger partial charge in [0.15, 0.2) is 0 Å². The first-order valence-electron chi connectivity index (χ1n) is 5.15. The van der Waals surface area contributed by atoms with E-state index in [2.05, 4.69) is 37.5 Å². The van der Waals surface area contributed by atoms with Gasteiger partial charge in [0.1, 0.15) is 17.3 Å². The van der Waals surface area contributed by atoms with Crippen molar-refractivity contribution in [3.63, 3.8) is 0 Å². The van der Waals surface area contributed by atoms with Crippen LogP contribution in [0.2, 0.25) is 5.15 Å². The van der Waals surface area contributed by atoms with E-state index in [0.717, 1.165) is 30.4 Å². The van der Waals surface area contributed by atoms with E-state index in [-0.39, 0.29) is 0 Å². The zero-order valence-corrected chi connectivity index (χ0v) is 11.1. The van der Waals surface area contributed by atoms with Crippen molar-refractivity contribution in [2.45, 2.75) is 16.8 Å². The SMILES string of the molecule is Clc1ncnc2c1C(I)CN2CC1CC1. The summed E-state index contributed by atoms with van der Waals surface area (Å²) in [4.78, 5) is 10.8. The Morgan fingerprint density at radius 3 is 3.00 bits per heavy atom. The summed E-state index contributed by atoms with van der Waals surface area (Å²) in [5.41, 5.74) is 1.13. The molecule has 0 amide bonds. The van der Waals surface area contributed by atoms with Crippen LogP contribution >= 0.6 is 34.2 Å². The van der Waals surface area contributed by atoms with Gasteiger partial charge < -0.3 is 4.90 Å². The Kier molecular flexibility index (Phi) is 2.51. The van der Waals surface area contributed by atoms with Gasteiger partial charge in [-0.1, -0.05) is 34.2 Å². The summed E-state index contributed by atoms with van der Waals surface area (Å²) < 4.78 is 0.435. The standard InChI is InChI=1S/C10H11ClIN3/c11-9-8-7(12)4-15(3-6-1-2-6)10(8)14-5-13-9/h5-7H,1-4H2. The van der Waals surface area contributed by atoms with E-state index in [1.54, 1.807) is 6.33 Å². The van der Waals surface area contributed by atoms with E-state index in [0.29, 0.717) is 9.08 Å². The minimum absolute atomic E-state index is 0.435. The third kappa shape index (κ3) is 1.82. The number of hydrogen-bond donors (Lipinski definition) is 0. The Bertz CT molecular complexity index is 394. The molecule has 1 saturated carbocycles. The maximum atomic E-state index is 6.10. The molecule has 0 N–H and O–H groups in total. The number of anilines is 1. The average Bonchev–Trinajstić information content (AvgIpc) is 2.94. The average molecular weight is 336 g/mol. The molecule has 1 aromatic heterocycles. The van der Waals surface area contributed by atoms with Gasteiger partial charge in [-0.2, -0.15) is 0 Å². The highest BCUT2D eigenvalue weighted by molar-refractivity contribution is 14.1. The lowest BCUT2D eigenvalue weighted by Crippen LogP contribution is -2.24. The smallest absolute Gasteiger partial charge is 0.138 e. The van der Waals surface area contributed by atoms with Gasteiger partial charge in [-0.15, -0.1) is 0 Å². The molecule has 3 nitrogen and oxygen atoms in total. The molecule has 80 valence electrons. The van der Waals surface area contributed by atoms with Gasteiger partial charge in [0.05, 0.1) is 3.92 Å². The highest BCUT2D eigenvalue weighted by Gasteiger charge is 2.34. The van der Waals surface area contributed by atoms with Gasteiger partial charge >= 0.3 is 0 Å².